The van der Waals surface area contributed by atoms with Gasteiger partial charge in [-0.05, 0) is 50.0 Å². The number of hydrogen-bond donors (Lipinski definition) is 1. The maximum Gasteiger partial charge on any atom is 0.138 e. The molecule has 0 amide bonds. The predicted octanol–water partition coefficient (Wildman–Crippen LogP) is 3.06. The molecule has 0 aliphatic carbocycles. The minimum atomic E-state index is 0.580. The van der Waals surface area contributed by atoms with Crippen molar-refractivity contribution >= 4 is 23.2 Å². The molecule has 0 aromatic heterocycles. The monoisotopic (exact) mass is 314 g/mol. The van der Waals surface area contributed by atoms with Crippen LogP contribution in [0, 0.1) is 5.92 Å². The van der Waals surface area contributed by atoms with E-state index in [4.69, 9.17) is 27.9 Å². The van der Waals surface area contributed by atoms with Gasteiger partial charge in [-0.3, -0.25) is 4.90 Å². The summed E-state index contributed by atoms with van der Waals surface area (Å²) >= 11 is 12.0. The maximum absolute atomic E-state index is 6.09. The van der Waals surface area contributed by atoms with E-state index in [2.05, 4.69) is 10.2 Å². The third-order valence-electron chi connectivity index (χ3n) is 4.30. The van der Waals surface area contributed by atoms with Gasteiger partial charge in [0.05, 0.1) is 5.02 Å². The van der Waals surface area contributed by atoms with Crippen LogP contribution in [0.1, 0.15) is 12.8 Å². The van der Waals surface area contributed by atoms with Crippen LogP contribution in [-0.2, 0) is 0 Å². The van der Waals surface area contributed by atoms with E-state index < -0.39 is 0 Å². The summed E-state index contributed by atoms with van der Waals surface area (Å²) in [6.07, 6.45) is 2.57. The van der Waals surface area contributed by atoms with Crippen LogP contribution in [0.2, 0.25) is 10.0 Å². The average Bonchev–Trinajstić information content (AvgIpc) is 2.89. The molecule has 5 heteroatoms. The van der Waals surface area contributed by atoms with Crippen LogP contribution in [0.25, 0.3) is 0 Å². The van der Waals surface area contributed by atoms with Gasteiger partial charge < -0.3 is 10.1 Å². The van der Waals surface area contributed by atoms with Gasteiger partial charge in [0.25, 0.3) is 0 Å². The molecule has 0 spiro atoms. The fraction of sp³-hybridized carbons (Fsp3) is 0.600. The molecule has 0 bridgehead atoms. The molecule has 0 radical (unpaired) electrons. The lowest BCUT2D eigenvalue weighted by atomic mass is 9.93. The third-order valence-corrected chi connectivity index (χ3v) is 4.83. The number of halogens is 2. The van der Waals surface area contributed by atoms with E-state index in [1.807, 2.05) is 6.07 Å². The van der Waals surface area contributed by atoms with Crippen LogP contribution in [0.15, 0.2) is 18.2 Å². The van der Waals surface area contributed by atoms with Crippen LogP contribution in [0.3, 0.4) is 0 Å². The Morgan fingerprint density at radius 1 is 1.30 bits per heavy atom. The van der Waals surface area contributed by atoms with Crippen molar-refractivity contribution < 1.29 is 4.74 Å². The molecule has 20 heavy (non-hydrogen) atoms. The summed E-state index contributed by atoms with van der Waals surface area (Å²) in [4.78, 5) is 2.50. The molecule has 1 N–H and O–H groups in total. The molecular formula is C15H20Cl2N2O. The molecule has 2 unspecified atom stereocenters. The lowest BCUT2D eigenvalue weighted by molar-refractivity contribution is 0.138. The highest BCUT2D eigenvalue weighted by atomic mass is 35.5. The van der Waals surface area contributed by atoms with Crippen molar-refractivity contribution in [3.8, 4) is 5.75 Å². The Bertz CT molecular complexity index is 469. The fourth-order valence-electron chi connectivity index (χ4n) is 3.20. The number of nitrogens with zero attached hydrogens (tertiary/aromatic N) is 1. The second-order valence-electron chi connectivity index (χ2n) is 5.62. The van der Waals surface area contributed by atoms with Crippen molar-refractivity contribution in [2.75, 3.05) is 32.8 Å². The molecule has 2 saturated heterocycles. The summed E-state index contributed by atoms with van der Waals surface area (Å²) in [5.41, 5.74) is 0. The lowest BCUT2D eigenvalue weighted by Gasteiger charge is -2.34. The molecule has 110 valence electrons. The van der Waals surface area contributed by atoms with Crippen molar-refractivity contribution in [3.05, 3.63) is 28.2 Å². The van der Waals surface area contributed by atoms with Gasteiger partial charge in [-0.1, -0.05) is 23.2 Å². The SMILES string of the molecule is Clc1ccc(OCCN2CCC3NCCC3C2)c(Cl)c1. The highest BCUT2D eigenvalue weighted by Crippen LogP contribution is 2.28. The molecular weight excluding hydrogens is 295 g/mol. The fourth-order valence-corrected chi connectivity index (χ4v) is 3.67. The largest absolute Gasteiger partial charge is 0.491 e. The first-order valence-electron chi connectivity index (χ1n) is 7.26. The van der Waals surface area contributed by atoms with Crippen LogP contribution in [0.5, 0.6) is 5.75 Å². The zero-order valence-electron chi connectivity index (χ0n) is 11.4. The van der Waals surface area contributed by atoms with Crippen LogP contribution >= 0.6 is 23.2 Å². The number of likely N-dealkylation sites (tertiary alicyclic amines) is 1. The normalized spacial score (nSPS) is 26.5. The van der Waals surface area contributed by atoms with Crippen molar-refractivity contribution in [3.63, 3.8) is 0 Å². The summed E-state index contributed by atoms with van der Waals surface area (Å²) in [5.74, 6) is 1.54. The lowest BCUT2D eigenvalue weighted by Crippen LogP contribution is -2.45. The van der Waals surface area contributed by atoms with Crippen molar-refractivity contribution in [1.29, 1.82) is 0 Å². The Labute approximate surface area is 130 Å². The zero-order chi connectivity index (χ0) is 13.9. The van der Waals surface area contributed by atoms with E-state index in [-0.39, 0.29) is 0 Å². The van der Waals surface area contributed by atoms with E-state index in [1.54, 1.807) is 12.1 Å². The summed E-state index contributed by atoms with van der Waals surface area (Å²) in [7, 11) is 0. The smallest absolute Gasteiger partial charge is 0.138 e. The summed E-state index contributed by atoms with van der Waals surface area (Å²) in [6.45, 7) is 5.16. The van der Waals surface area contributed by atoms with Crippen molar-refractivity contribution in [1.82, 2.24) is 10.2 Å². The number of nitrogens with one attached hydrogen (secondary N) is 1. The molecule has 2 heterocycles. The van der Waals surface area contributed by atoms with Gasteiger partial charge in [-0.25, -0.2) is 0 Å². The summed E-state index contributed by atoms with van der Waals surface area (Å²) in [5, 5.41) is 4.80. The van der Waals surface area contributed by atoms with Gasteiger partial charge in [0.2, 0.25) is 0 Å². The first-order chi connectivity index (χ1) is 9.72. The Hall–Kier alpha value is -0.480. The number of fused-ring (bicyclic) bond motifs is 1. The van der Waals surface area contributed by atoms with E-state index in [1.165, 1.54) is 25.9 Å². The summed E-state index contributed by atoms with van der Waals surface area (Å²) in [6, 6.07) is 6.10. The number of hydrogen-bond acceptors (Lipinski definition) is 3. The second-order valence-corrected chi connectivity index (χ2v) is 6.47. The van der Waals surface area contributed by atoms with E-state index in [9.17, 15) is 0 Å². The first-order valence-corrected chi connectivity index (χ1v) is 8.01. The minimum absolute atomic E-state index is 0.580. The molecule has 2 aliphatic rings. The number of ether oxygens (including phenoxy) is 1. The van der Waals surface area contributed by atoms with Gasteiger partial charge in [0, 0.05) is 24.2 Å². The minimum Gasteiger partial charge on any atom is -0.491 e. The van der Waals surface area contributed by atoms with E-state index >= 15 is 0 Å². The maximum atomic E-state index is 6.09. The molecule has 2 aliphatic heterocycles. The third kappa shape index (κ3) is 3.40. The van der Waals surface area contributed by atoms with Gasteiger partial charge in [0.1, 0.15) is 12.4 Å². The standard InChI is InChI=1S/C15H20Cl2N2O/c16-12-1-2-15(13(17)9-12)20-8-7-19-6-4-14-11(10-19)3-5-18-14/h1-2,9,11,14,18H,3-8,10H2. The second kappa shape index (κ2) is 6.52. The topological polar surface area (TPSA) is 24.5 Å². The molecule has 1 aromatic rings. The molecule has 2 atom stereocenters. The Kier molecular flexibility index (Phi) is 4.72. The predicted molar refractivity (Wildman–Crippen MR) is 82.9 cm³/mol. The molecule has 0 saturated carbocycles. The highest BCUT2D eigenvalue weighted by Gasteiger charge is 2.32. The van der Waals surface area contributed by atoms with Crippen molar-refractivity contribution in [2.45, 2.75) is 18.9 Å². The van der Waals surface area contributed by atoms with E-state index in [0.29, 0.717) is 22.4 Å². The molecule has 3 rings (SSSR count). The van der Waals surface area contributed by atoms with Crippen LogP contribution in [-0.4, -0.2) is 43.7 Å². The Morgan fingerprint density at radius 3 is 3.05 bits per heavy atom. The number of rotatable bonds is 4. The van der Waals surface area contributed by atoms with Gasteiger partial charge in [-0.15, -0.1) is 0 Å². The van der Waals surface area contributed by atoms with Gasteiger partial charge in [0.15, 0.2) is 0 Å². The molecule has 1 aromatic carbocycles. The Balaban J connectivity index is 1.45. The molecule has 2 fully saturated rings. The van der Waals surface area contributed by atoms with Crippen LogP contribution < -0.4 is 10.1 Å². The van der Waals surface area contributed by atoms with Crippen LogP contribution in [0.4, 0.5) is 0 Å². The number of benzene rings is 1. The first kappa shape index (κ1) is 14.5. The highest BCUT2D eigenvalue weighted by molar-refractivity contribution is 6.35. The quantitative estimate of drug-likeness (QED) is 0.924. The van der Waals surface area contributed by atoms with Gasteiger partial charge in [-0.2, -0.15) is 0 Å². The van der Waals surface area contributed by atoms with Gasteiger partial charge >= 0.3 is 0 Å². The van der Waals surface area contributed by atoms with E-state index in [0.717, 1.165) is 25.0 Å². The zero-order valence-corrected chi connectivity index (χ0v) is 13.0. The Morgan fingerprint density at radius 2 is 2.20 bits per heavy atom. The van der Waals surface area contributed by atoms with Crippen molar-refractivity contribution in [2.24, 2.45) is 5.92 Å². The molecule has 3 nitrogen and oxygen atoms in total. The summed E-state index contributed by atoms with van der Waals surface area (Å²) < 4.78 is 5.76. The number of piperidine rings is 1. The average molecular weight is 315 g/mol.